The van der Waals surface area contributed by atoms with Gasteiger partial charge in [0.1, 0.15) is 0 Å². The zero-order valence-electron chi connectivity index (χ0n) is 12.4. The van der Waals surface area contributed by atoms with Gasteiger partial charge in [0.15, 0.2) is 0 Å². The molecule has 1 amide bonds. The summed E-state index contributed by atoms with van der Waals surface area (Å²) >= 11 is 0. The lowest BCUT2D eigenvalue weighted by molar-refractivity contribution is 0.0936. The van der Waals surface area contributed by atoms with E-state index in [2.05, 4.69) is 12.2 Å². The quantitative estimate of drug-likeness (QED) is 0.829. The number of hydrogen-bond donors (Lipinski definition) is 2. The maximum absolute atomic E-state index is 12.4. The van der Waals surface area contributed by atoms with Crippen molar-refractivity contribution in [3.63, 3.8) is 0 Å². The lowest BCUT2D eigenvalue weighted by Crippen LogP contribution is -2.27. The molecule has 1 aliphatic rings. The molecule has 0 fully saturated rings. The Kier molecular flexibility index (Phi) is 3.42. The van der Waals surface area contributed by atoms with Crippen LogP contribution in [-0.4, -0.2) is 5.91 Å². The fourth-order valence-electron chi connectivity index (χ4n) is 2.91. The molecular weight excluding hydrogens is 260 g/mol. The number of aryl methyl sites for hydroxylation is 3. The van der Waals surface area contributed by atoms with Crippen molar-refractivity contribution in [3.8, 4) is 0 Å². The smallest absolute Gasteiger partial charge is 0.251 e. The second-order valence-electron chi connectivity index (χ2n) is 5.82. The second-order valence-corrected chi connectivity index (χ2v) is 5.82. The number of nitrogen functional groups attached to an aromatic ring is 1. The summed E-state index contributed by atoms with van der Waals surface area (Å²) in [5, 5.41) is 3.14. The zero-order valence-corrected chi connectivity index (χ0v) is 12.4. The number of nitrogens with one attached hydrogen (secondary N) is 1. The van der Waals surface area contributed by atoms with E-state index in [1.165, 1.54) is 16.7 Å². The van der Waals surface area contributed by atoms with Crippen LogP contribution in [0.2, 0.25) is 0 Å². The highest BCUT2D eigenvalue weighted by atomic mass is 16.1. The van der Waals surface area contributed by atoms with Gasteiger partial charge in [-0.3, -0.25) is 4.79 Å². The van der Waals surface area contributed by atoms with Gasteiger partial charge in [0.25, 0.3) is 5.91 Å². The van der Waals surface area contributed by atoms with Crippen molar-refractivity contribution in [2.45, 2.75) is 32.7 Å². The Labute approximate surface area is 125 Å². The van der Waals surface area contributed by atoms with Crippen molar-refractivity contribution in [2.75, 3.05) is 5.73 Å². The number of rotatable bonds is 2. The number of carbonyl (C=O) groups excluding carboxylic acids is 1. The number of amides is 1. The van der Waals surface area contributed by atoms with Crippen LogP contribution in [0.25, 0.3) is 0 Å². The first kappa shape index (κ1) is 13.7. The van der Waals surface area contributed by atoms with Gasteiger partial charge < -0.3 is 11.1 Å². The number of hydrogen-bond acceptors (Lipinski definition) is 2. The molecule has 3 heteroatoms. The molecule has 108 valence electrons. The fraction of sp³-hybridized carbons (Fsp3) is 0.278. The summed E-state index contributed by atoms with van der Waals surface area (Å²) in [5.41, 5.74) is 12.1. The molecule has 0 spiro atoms. The predicted molar refractivity (Wildman–Crippen MR) is 85.3 cm³/mol. The summed E-state index contributed by atoms with van der Waals surface area (Å²) in [6, 6.07) is 11.9. The number of nitrogens with two attached hydrogens (primary N) is 1. The third-order valence-electron chi connectivity index (χ3n) is 4.32. The van der Waals surface area contributed by atoms with Gasteiger partial charge in [-0.2, -0.15) is 0 Å². The van der Waals surface area contributed by atoms with Gasteiger partial charge in [-0.15, -0.1) is 0 Å². The largest absolute Gasteiger partial charge is 0.399 e. The molecule has 21 heavy (non-hydrogen) atoms. The van der Waals surface area contributed by atoms with E-state index in [1.54, 1.807) is 0 Å². The summed E-state index contributed by atoms with van der Waals surface area (Å²) in [6.45, 7) is 4.08. The van der Waals surface area contributed by atoms with Crippen LogP contribution in [0.3, 0.4) is 0 Å². The highest BCUT2D eigenvalue weighted by Gasteiger charge is 2.24. The van der Waals surface area contributed by atoms with E-state index in [9.17, 15) is 4.79 Å². The van der Waals surface area contributed by atoms with E-state index in [4.69, 9.17) is 5.73 Å². The number of fused-ring (bicyclic) bond motifs is 1. The van der Waals surface area contributed by atoms with E-state index in [0.717, 1.165) is 29.7 Å². The van der Waals surface area contributed by atoms with Crippen LogP contribution in [0.4, 0.5) is 5.69 Å². The molecule has 0 saturated carbocycles. The normalized spacial score (nSPS) is 16.6. The molecule has 1 unspecified atom stereocenters. The topological polar surface area (TPSA) is 55.1 Å². The first-order valence-corrected chi connectivity index (χ1v) is 7.31. The summed E-state index contributed by atoms with van der Waals surface area (Å²) in [7, 11) is 0. The minimum Gasteiger partial charge on any atom is -0.399 e. The number of anilines is 1. The van der Waals surface area contributed by atoms with Crippen LogP contribution in [0.1, 0.15) is 45.1 Å². The Morgan fingerprint density at radius 1 is 1.14 bits per heavy atom. The molecule has 3 rings (SSSR count). The molecular formula is C18H20N2O. The summed E-state index contributed by atoms with van der Waals surface area (Å²) in [6.07, 6.45) is 1.91. The molecule has 0 radical (unpaired) electrons. The zero-order chi connectivity index (χ0) is 15.0. The Balaban J connectivity index is 1.79. The molecule has 1 atom stereocenters. The third kappa shape index (κ3) is 2.64. The van der Waals surface area contributed by atoms with Gasteiger partial charge in [-0.1, -0.05) is 12.1 Å². The van der Waals surface area contributed by atoms with Crippen LogP contribution in [0.15, 0.2) is 36.4 Å². The summed E-state index contributed by atoms with van der Waals surface area (Å²) < 4.78 is 0. The van der Waals surface area contributed by atoms with Crippen molar-refractivity contribution in [2.24, 2.45) is 0 Å². The third-order valence-corrected chi connectivity index (χ3v) is 4.32. The molecule has 0 saturated heterocycles. The van der Waals surface area contributed by atoms with Gasteiger partial charge in [0.05, 0.1) is 6.04 Å². The average Bonchev–Trinajstić information content (AvgIpc) is 2.84. The first-order chi connectivity index (χ1) is 10.0. The predicted octanol–water partition coefficient (Wildman–Crippen LogP) is 3.30. The van der Waals surface area contributed by atoms with Gasteiger partial charge in [-0.05, 0) is 73.2 Å². The monoisotopic (exact) mass is 280 g/mol. The molecule has 0 aliphatic heterocycles. The molecule has 1 aliphatic carbocycles. The van der Waals surface area contributed by atoms with Gasteiger partial charge in [-0.25, -0.2) is 0 Å². The van der Waals surface area contributed by atoms with Gasteiger partial charge in [0.2, 0.25) is 0 Å². The molecule has 0 aromatic heterocycles. The second kappa shape index (κ2) is 5.24. The van der Waals surface area contributed by atoms with Crippen molar-refractivity contribution in [1.82, 2.24) is 5.32 Å². The first-order valence-electron chi connectivity index (χ1n) is 7.31. The van der Waals surface area contributed by atoms with Crippen LogP contribution in [0.5, 0.6) is 0 Å². The van der Waals surface area contributed by atoms with Crippen molar-refractivity contribution >= 4 is 11.6 Å². The Bertz CT molecular complexity index is 706. The maximum Gasteiger partial charge on any atom is 0.251 e. The van der Waals surface area contributed by atoms with Crippen LogP contribution in [0, 0.1) is 13.8 Å². The lowest BCUT2D eigenvalue weighted by Gasteiger charge is -2.15. The Morgan fingerprint density at radius 3 is 2.71 bits per heavy atom. The van der Waals surface area contributed by atoms with Gasteiger partial charge in [0, 0.05) is 11.3 Å². The van der Waals surface area contributed by atoms with Crippen LogP contribution in [-0.2, 0) is 6.42 Å². The lowest BCUT2D eigenvalue weighted by atomic mass is 10.0. The molecule has 0 heterocycles. The summed E-state index contributed by atoms with van der Waals surface area (Å²) in [4.78, 5) is 12.4. The van der Waals surface area contributed by atoms with Crippen molar-refractivity contribution in [1.29, 1.82) is 0 Å². The van der Waals surface area contributed by atoms with E-state index in [0.29, 0.717) is 0 Å². The van der Waals surface area contributed by atoms with Crippen molar-refractivity contribution in [3.05, 3.63) is 64.2 Å². The molecule has 3 nitrogen and oxygen atoms in total. The molecule has 2 aromatic carbocycles. The molecule has 2 aromatic rings. The highest BCUT2D eigenvalue weighted by molar-refractivity contribution is 5.94. The highest BCUT2D eigenvalue weighted by Crippen LogP contribution is 2.32. The minimum absolute atomic E-state index is 0.00669. The van der Waals surface area contributed by atoms with E-state index in [1.807, 2.05) is 43.3 Å². The standard InChI is InChI=1S/C18H20N2O/c1-11-3-4-14(9-12(11)2)18(21)20-17-8-5-13-10-15(19)6-7-16(13)17/h3-4,6-7,9-10,17H,5,8,19H2,1-2H3,(H,20,21). The van der Waals surface area contributed by atoms with Crippen LogP contribution >= 0.6 is 0 Å². The fourth-order valence-corrected chi connectivity index (χ4v) is 2.91. The van der Waals surface area contributed by atoms with E-state index >= 15 is 0 Å². The van der Waals surface area contributed by atoms with Gasteiger partial charge >= 0.3 is 0 Å². The average molecular weight is 280 g/mol. The Hall–Kier alpha value is -2.29. The molecule has 3 N–H and O–H groups in total. The van der Waals surface area contributed by atoms with Crippen molar-refractivity contribution < 1.29 is 4.79 Å². The SMILES string of the molecule is Cc1ccc(C(=O)NC2CCc3cc(N)ccc32)cc1C. The van der Waals surface area contributed by atoms with E-state index < -0.39 is 0 Å². The number of benzene rings is 2. The van der Waals surface area contributed by atoms with E-state index in [-0.39, 0.29) is 11.9 Å². The molecule has 0 bridgehead atoms. The summed E-state index contributed by atoms with van der Waals surface area (Å²) in [5.74, 6) is -0.00669. The number of carbonyl (C=O) groups is 1. The van der Waals surface area contributed by atoms with Crippen LogP contribution < -0.4 is 11.1 Å². The minimum atomic E-state index is -0.00669. The maximum atomic E-state index is 12.4. The Morgan fingerprint density at radius 2 is 1.95 bits per heavy atom.